The highest BCUT2D eigenvalue weighted by atomic mass is 16.5. The molecule has 98 valence electrons. The minimum Gasteiger partial charge on any atom is -0.493 e. The molecule has 0 fully saturated rings. The Labute approximate surface area is 108 Å². The lowest BCUT2D eigenvalue weighted by Crippen LogP contribution is -2.39. The highest BCUT2D eigenvalue weighted by Crippen LogP contribution is 2.21. The molecular weight excluding hydrogens is 228 g/mol. The maximum absolute atomic E-state index is 10.1. The van der Waals surface area contributed by atoms with E-state index in [4.69, 9.17) is 9.47 Å². The number of hydrogen-bond donors (Lipinski definition) is 1. The molecule has 0 aromatic heterocycles. The summed E-state index contributed by atoms with van der Waals surface area (Å²) >= 11 is 0. The van der Waals surface area contributed by atoms with E-state index in [0.29, 0.717) is 13.2 Å². The molecule has 0 amide bonds. The van der Waals surface area contributed by atoms with Crippen molar-refractivity contribution in [2.45, 2.75) is 32.2 Å². The van der Waals surface area contributed by atoms with Crippen LogP contribution in [0.5, 0.6) is 0 Å². The second kappa shape index (κ2) is 6.57. The van der Waals surface area contributed by atoms with Gasteiger partial charge in [0.25, 0.3) is 0 Å². The van der Waals surface area contributed by atoms with Crippen molar-refractivity contribution in [1.82, 2.24) is 0 Å². The Morgan fingerprint density at radius 2 is 2.06 bits per heavy atom. The second-order valence-electron chi connectivity index (χ2n) is 4.57. The zero-order valence-electron chi connectivity index (χ0n) is 10.7. The van der Waals surface area contributed by atoms with Crippen molar-refractivity contribution in [3.63, 3.8) is 0 Å². The van der Waals surface area contributed by atoms with E-state index in [9.17, 15) is 5.11 Å². The summed E-state index contributed by atoms with van der Waals surface area (Å²) in [7, 11) is 0. The van der Waals surface area contributed by atoms with Gasteiger partial charge >= 0.3 is 0 Å². The summed E-state index contributed by atoms with van der Waals surface area (Å²) < 4.78 is 11.0. The Bertz CT molecular complexity index is 375. The Hall–Kier alpha value is -1.32. The fraction of sp³-hybridized carbons (Fsp3) is 0.467. The molecule has 0 aliphatic carbocycles. The SMILES string of the molecule is CC[C@H]1C=CO[C@H](COCc2ccccc2)[C@@H]1O. The number of hydrogen-bond acceptors (Lipinski definition) is 3. The van der Waals surface area contributed by atoms with Crippen LogP contribution in [0, 0.1) is 5.92 Å². The highest BCUT2D eigenvalue weighted by molar-refractivity contribution is 5.13. The van der Waals surface area contributed by atoms with Gasteiger partial charge in [-0.3, -0.25) is 0 Å². The predicted molar refractivity (Wildman–Crippen MR) is 69.9 cm³/mol. The van der Waals surface area contributed by atoms with E-state index in [1.54, 1.807) is 6.26 Å². The first-order valence-electron chi connectivity index (χ1n) is 6.43. The number of aliphatic hydroxyl groups excluding tert-OH is 1. The van der Waals surface area contributed by atoms with Gasteiger partial charge in [-0.2, -0.15) is 0 Å². The molecule has 0 saturated heterocycles. The molecule has 1 aromatic rings. The van der Waals surface area contributed by atoms with E-state index in [1.165, 1.54) is 0 Å². The Morgan fingerprint density at radius 1 is 1.28 bits per heavy atom. The van der Waals surface area contributed by atoms with Crippen LogP contribution in [0.3, 0.4) is 0 Å². The van der Waals surface area contributed by atoms with Crippen molar-refractivity contribution in [3.8, 4) is 0 Å². The van der Waals surface area contributed by atoms with Gasteiger partial charge in [0.15, 0.2) is 0 Å². The molecule has 3 atom stereocenters. The molecule has 0 radical (unpaired) electrons. The fourth-order valence-electron chi connectivity index (χ4n) is 2.10. The quantitative estimate of drug-likeness (QED) is 0.870. The Kier molecular flexibility index (Phi) is 4.79. The molecule has 0 unspecified atom stereocenters. The van der Waals surface area contributed by atoms with Crippen molar-refractivity contribution in [1.29, 1.82) is 0 Å². The number of aliphatic hydroxyl groups is 1. The van der Waals surface area contributed by atoms with Gasteiger partial charge in [-0.25, -0.2) is 0 Å². The zero-order chi connectivity index (χ0) is 12.8. The molecule has 0 saturated carbocycles. The second-order valence-corrected chi connectivity index (χ2v) is 4.57. The lowest BCUT2D eigenvalue weighted by Gasteiger charge is -2.30. The predicted octanol–water partition coefficient (Wildman–Crippen LogP) is 2.50. The Morgan fingerprint density at radius 3 is 2.78 bits per heavy atom. The zero-order valence-corrected chi connectivity index (χ0v) is 10.7. The van der Waals surface area contributed by atoms with Crippen LogP contribution in [0.15, 0.2) is 42.7 Å². The summed E-state index contributed by atoms with van der Waals surface area (Å²) in [5.74, 6) is 0.170. The number of rotatable bonds is 5. The van der Waals surface area contributed by atoms with Gasteiger partial charge in [-0.15, -0.1) is 0 Å². The van der Waals surface area contributed by atoms with Crippen molar-refractivity contribution in [3.05, 3.63) is 48.2 Å². The summed E-state index contributed by atoms with van der Waals surface area (Å²) in [5, 5.41) is 10.1. The minimum atomic E-state index is -0.476. The average Bonchev–Trinajstić information content (AvgIpc) is 2.42. The monoisotopic (exact) mass is 248 g/mol. The van der Waals surface area contributed by atoms with Gasteiger partial charge in [0.1, 0.15) is 6.10 Å². The third-order valence-corrected chi connectivity index (χ3v) is 3.26. The van der Waals surface area contributed by atoms with Crippen molar-refractivity contribution in [2.75, 3.05) is 6.61 Å². The van der Waals surface area contributed by atoms with Gasteiger partial charge in [-0.05, 0) is 18.1 Å². The summed E-state index contributed by atoms with van der Waals surface area (Å²) in [6.45, 7) is 3.02. The van der Waals surface area contributed by atoms with Crippen LogP contribution in [0.2, 0.25) is 0 Å². The normalized spacial score (nSPS) is 26.9. The maximum atomic E-state index is 10.1. The van der Waals surface area contributed by atoms with Crippen LogP contribution in [-0.4, -0.2) is 23.9 Å². The van der Waals surface area contributed by atoms with Crippen molar-refractivity contribution in [2.24, 2.45) is 5.92 Å². The first kappa shape index (κ1) is 13.1. The first-order valence-corrected chi connectivity index (χ1v) is 6.43. The molecule has 1 aliphatic heterocycles. The number of ether oxygens (including phenoxy) is 2. The van der Waals surface area contributed by atoms with Crippen LogP contribution in [-0.2, 0) is 16.1 Å². The largest absolute Gasteiger partial charge is 0.493 e. The smallest absolute Gasteiger partial charge is 0.147 e. The Balaban J connectivity index is 1.78. The summed E-state index contributed by atoms with van der Waals surface area (Å²) in [6.07, 6.45) is 3.77. The van der Waals surface area contributed by atoms with E-state index in [0.717, 1.165) is 12.0 Å². The third kappa shape index (κ3) is 3.34. The molecule has 0 bridgehead atoms. The molecule has 18 heavy (non-hydrogen) atoms. The highest BCUT2D eigenvalue weighted by Gasteiger charge is 2.29. The molecule has 3 heteroatoms. The van der Waals surface area contributed by atoms with E-state index >= 15 is 0 Å². The fourth-order valence-corrected chi connectivity index (χ4v) is 2.10. The van der Waals surface area contributed by atoms with Crippen molar-refractivity contribution < 1.29 is 14.6 Å². The summed E-state index contributed by atoms with van der Waals surface area (Å²) in [5.41, 5.74) is 1.13. The van der Waals surface area contributed by atoms with Crippen LogP contribution >= 0.6 is 0 Å². The molecule has 3 nitrogen and oxygen atoms in total. The van der Waals surface area contributed by atoms with Gasteiger partial charge < -0.3 is 14.6 Å². The molecule has 0 spiro atoms. The van der Waals surface area contributed by atoms with E-state index in [1.807, 2.05) is 36.4 Å². The third-order valence-electron chi connectivity index (χ3n) is 3.26. The van der Waals surface area contributed by atoms with Crippen molar-refractivity contribution >= 4 is 0 Å². The topological polar surface area (TPSA) is 38.7 Å². The summed E-state index contributed by atoms with van der Waals surface area (Å²) in [6, 6.07) is 9.99. The average molecular weight is 248 g/mol. The number of benzene rings is 1. The van der Waals surface area contributed by atoms with Crippen LogP contribution in [0.1, 0.15) is 18.9 Å². The maximum Gasteiger partial charge on any atom is 0.147 e. The van der Waals surface area contributed by atoms with Gasteiger partial charge in [0.2, 0.25) is 0 Å². The molecular formula is C15H20O3. The van der Waals surface area contributed by atoms with E-state index in [2.05, 4.69) is 6.92 Å². The molecule has 2 rings (SSSR count). The minimum absolute atomic E-state index is 0.170. The standard InChI is InChI=1S/C15H20O3/c1-2-13-8-9-18-14(15(13)16)11-17-10-12-6-4-3-5-7-12/h3-9,13-16H,2,10-11H2,1H3/t13-,14+,15+/m0/s1. The molecule has 1 aliphatic rings. The van der Waals surface area contributed by atoms with E-state index in [-0.39, 0.29) is 12.0 Å². The summed E-state index contributed by atoms with van der Waals surface area (Å²) in [4.78, 5) is 0. The van der Waals surface area contributed by atoms with Crippen LogP contribution < -0.4 is 0 Å². The van der Waals surface area contributed by atoms with Gasteiger partial charge in [-0.1, -0.05) is 37.3 Å². The van der Waals surface area contributed by atoms with Gasteiger partial charge in [0.05, 0.1) is 25.6 Å². The van der Waals surface area contributed by atoms with Gasteiger partial charge in [0, 0.05) is 5.92 Å². The molecule has 1 heterocycles. The first-order chi connectivity index (χ1) is 8.81. The lowest BCUT2D eigenvalue weighted by molar-refractivity contribution is -0.0744. The lowest BCUT2D eigenvalue weighted by atomic mass is 9.94. The molecule has 1 aromatic carbocycles. The van der Waals surface area contributed by atoms with Crippen LogP contribution in [0.25, 0.3) is 0 Å². The molecule has 1 N–H and O–H groups in total. The van der Waals surface area contributed by atoms with Crippen LogP contribution in [0.4, 0.5) is 0 Å². The van der Waals surface area contributed by atoms with E-state index < -0.39 is 6.10 Å².